The van der Waals surface area contributed by atoms with Gasteiger partial charge in [0, 0.05) is 6.04 Å². The molecule has 0 heterocycles. The third-order valence-corrected chi connectivity index (χ3v) is 3.02. The van der Waals surface area contributed by atoms with Gasteiger partial charge in [-0.2, -0.15) is 0 Å². The van der Waals surface area contributed by atoms with Gasteiger partial charge in [0.05, 0.1) is 5.02 Å². The van der Waals surface area contributed by atoms with Crippen LogP contribution in [-0.2, 0) is 0 Å². The summed E-state index contributed by atoms with van der Waals surface area (Å²) in [5, 5.41) is 0.617. The van der Waals surface area contributed by atoms with E-state index in [0.29, 0.717) is 10.8 Å². The molecule has 0 unspecified atom stereocenters. The van der Waals surface area contributed by atoms with Crippen LogP contribution in [0.15, 0.2) is 42.5 Å². The summed E-state index contributed by atoms with van der Waals surface area (Å²) in [6.07, 6.45) is 0. The van der Waals surface area contributed by atoms with Crippen molar-refractivity contribution in [2.75, 3.05) is 0 Å². The van der Waals surface area contributed by atoms with Crippen LogP contribution in [0.1, 0.15) is 24.1 Å². The Hall–Kier alpha value is -1.51. The van der Waals surface area contributed by atoms with Crippen molar-refractivity contribution < 1.29 is 4.74 Å². The minimum Gasteiger partial charge on any atom is -0.456 e. The molecule has 2 aromatic carbocycles. The number of nitrogens with two attached hydrogens (primary N) is 1. The molecule has 0 aliphatic rings. The third kappa shape index (κ3) is 3.03. The van der Waals surface area contributed by atoms with Gasteiger partial charge in [-0.3, -0.25) is 0 Å². The lowest BCUT2D eigenvalue weighted by molar-refractivity contribution is 0.482. The molecule has 0 fully saturated rings. The van der Waals surface area contributed by atoms with E-state index in [1.807, 2.05) is 56.3 Å². The van der Waals surface area contributed by atoms with Crippen molar-refractivity contribution in [2.24, 2.45) is 5.73 Å². The molecule has 0 amide bonds. The Bertz CT molecular complexity index is 535. The molecule has 2 N–H and O–H groups in total. The van der Waals surface area contributed by atoms with Crippen LogP contribution in [0.25, 0.3) is 0 Å². The lowest BCUT2D eigenvalue weighted by Crippen LogP contribution is -2.04. The summed E-state index contributed by atoms with van der Waals surface area (Å²) in [6.45, 7) is 3.94. The molecular weight excluding hydrogens is 246 g/mol. The average Bonchev–Trinajstić information content (AvgIpc) is 2.33. The Morgan fingerprint density at radius 2 is 1.78 bits per heavy atom. The number of rotatable bonds is 3. The van der Waals surface area contributed by atoms with Gasteiger partial charge in [-0.05, 0) is 49.2 Å². The molecule has 0 aliphatic carbocycles. The first-order valence-electron chi connectivity index (χ1n) is 5.86. The van der Waals surface area contributed by atoms with Crippen LogP contribution in [0.5, 0.6) is 11.5 Å². The lowest BCUT2D eigenvalue weighted by atomic mass is 10.1. The molecule has 0 aliphatic heterocycles. The van der Waals surface area contributed by atoms with Crippen LogP contribution < -0.4 is 10.5 Å². The van der Waals surface area contributed by atoms with Gasteiger partial charge in [0.25, 0.3) is 0 Å². The molecule has 0 aromatic heterocycles. The Balaban J connectivity index is 2.18. The van der Waals surface area contributed by atoms with Gasteiger partial charge < -0.3 is 10.5 Å². The minimum atomic E-state index is 0.0296. The van der Waals surface area contributed by atoms with E-state index < -0.39 is 0 Å². The van der Waals surface area contributed by atoms with Crippen molar-refractivity contribution in [3.05, 3.63) is 58.6 Å². The fourth-order valence-electron chi connectivity index (χ4n) is 1.66. The molecule has 2 nitrogen and oxygen atoms in total. The monoisotopic (exact) mass is 261 g/mol. The Kier molecular flexibility index (Phi) is 3.90. The molecule has 94 valence electrons. The number of aryl methyl sites for hydroxylation is 1. The quantitative estimate of drug-likeness (QED) is 0.885. The lowest BCUT2D eigenvalue weighted by Gasteiger charge is -2.10. The van der Waals surface area contributed by atoms with Gasteiger partial charge >= 0.3 is 0 Å². The van der Waals surface area contributed by atoms with E-state index in [9.17, 15) is 0 Å². The maximum Gasteiger partial charge on any atom is 0.146 e. The number of halogens is 1. The average molecular weight is 262 g/mol. The van der Waals surface area contributed by atoms with Crippen molar-refractivity contribution in [3.63, 3.8) is 0 Å². The first-order chi connectivity index (χ1) is 8.56. The molecule has 2 aromatic rings. The predicted molar refractivity (Wildman–Crippen MR) is 75.3 cm³/mol. The Morgan fingerprint density at radius 3 is 2.33 bits per heavy atom. The fraction of sp³-hybridized carbons (Fsp3) is 0.200. The van der Waals surface area contributed by atoms with E-state index in [4.69, 9.17) is 22.1 Å². The van der Waals surface area contributed by atoms with Gasteiger partial charge in [0.2, 0.25) is 0 Å². The van der Waals surface area contributed by atoms with E-state index in [-0.39, 0.29) is 6.04 Å². The number of hydrogen-bond donors (Lipinski definition) is 1. The normalized spacial score (nSPS) is 12.2. The van der Waals surface area contributed by atoms with Crippen LogP contribution in [0.3, 0.4) is 0 Å². The summed E-state index contributed by atoms with van der Waals surface area (Å²) in [5.74, 6) is 1.42. The van der Waals surface area contributed by atoms with Gasteiger partial charge in [0.1, 0.15) is 11.5 Å². The zero-order chi connectivity index (χ0) is 13.1. The van der Waals surface area contributed by atoms with Gasteiger partial charge in [-0.25, -0.2) is 0 Å². The van der Waals surface area contributed by atoms with E-state index in [1.54, 1.807) is 0 Å². The van der Waals surface area contributed by atoms with E-state index in [2.05, 4.69) is 0 Å². The molecule has 2 rings (SSSR count). The van der Waals surface area contributed by atoms with E-state index in [1.165, 1.54) is 0 Å². The standard InChI is InChI=1S/C15H16ClNO/c1-10-3-8-15(14(16)9-10)18-13-6-4-12(5-7-13)11(2)17/h3-9,11H,17H2,1-2H3/t11-/m1/s1. The summed E-state index contributed by atoms with van der Waals surface area (Å²) in [7, 11) is 0. The van der Waals surface area contributed by atoms with Crippen molar-refractivity contribution in [1.29, 1.82) is 0 Å². The highest BCUT2D eigenvalue weighted by atomic mass is 35.5. The molecule has 0 radical (unpaired) electrons. The van der Waals surface area contributed by atoms with E-state index >= 15 is 0 Å². The van der Waals surface area contributed by atoms with Crippen LogP contribution in [0.4, 0.5) is 0 Å². The maximum atomic E-state index is 6.12. The Morgan fingerprint density at radius 1 is 1.11 bits per heavy atom. The van der Waals surface area contributed by atoms with Gasteiger partial charge in [0.15, 0.2) is 0 Å². The van der Waals surface area contributed by atoms with Crippen LogP contribution in [0.2, 0.25) is 5.02 Å². The number of benzene rings is 2. The summed E-state index contributed by atoms with van der Waals surface area (Å²) >= 11 is 6.12. The highest BCUT2D eigenvalue weighted by molar-refractivity contribution is 6.32. The summed E-state index contributed by atoms with van der Waals surface area (Å²) < 4.78 is 5.73. The van der Waals surface area contributed by atoms with Crippen molar-refractivity contribution in [2.45, 2.75) is 19.9 Å². The third-order valence-electron chi connectivity index (χ3n) is 2.72. The van der Waals surface area contributed by atoms with Crippen LogP contribution in [0, 0.1) is 6.92 Å². The maximum absolute atomic E-state index is 6.12. The van der Waals surface area contributed by atoms with E-state index in [0.717, 1.165) is 16.9 Å². The highest BCUT2D eigenvalue weighted by Crippen LogP contribution is 2.30. The van der Waals surface area contributed by atoms with Gasteiger partial charge in [-0.1, -0.05) is 29.8 Å². The molecule has 1 atom stereocenters. The molecule has 3 heteroatoms. The SMILES string of the molecule is Cc1ccc(Oc2ccc([C@@H](C)N)cc2)c(Cl)c1. The highest BCUT2D eigenvalue weighted by Gasteiger charge is 2.04. The van der Waals surface area contributed by atoms with Crippen molar-refractivity contribution in [3.8, 4) is 11.5 Å². The molecule has 0 spiro atoms. The topological polar surface area (TPSA) is 35.2 Å². The second-order valence-electron chi connectivity index (χ2n) is 4.39. The molecule has 0 saturated carbocycles. The number of hydrogen-bond acceptors (Lipinski definition) is 2. The van der Waals surface area contributed by atoms with Gasteiger partial charge in [-0.15, -0.1) is 0 Å². The van der Waals surface area contributed by atoms with Crippen molar-refractivity contribution >= 4 is 11.6 Å². The summed E-state index contributed by atoms with van der Waals surface area (Å²) in [6, 6.07) is 13.5. The number of ether oxygens (including phenoxy) is 1. The molecular formula is C15H16ClNO. The second kappa shape index (κ2) is 5.42. The van der Waals surface area contributed by atoms with Crippen molar-refractivity contribution in [1.82, 2.24) is 0 Å². The molecule has 0 bridgehead atoms. The minimum absolute atomic E-state index is 0.0296. The zero-order valence-electron chi connectivity index (χ0n) is 10.5. The predicted octanol–water partition coefficient (Wildman–Crippen LogP) is 4.46. The summed E-state index contributed by atoms with van der Waals surface area (Å²) in [4.78, 5) is 0. The smallest absolute Gasteiger partial charge is 0.146 e. The van der Waals surface area contributed by atoms with Crippen LogP contribution >= 0.6 is 11.6 Å². The summed E-state index contributed by atoms with van der Waals surface area (Å²) in [5.41, 5.74) is 7.99. The molecule has 0 saturated heterocycles. The first-order valence-corrected chi connectivity index (χ1v) is 6.23. The largest absolute Gasteiger partial charge is 0.456 e. The van der Waals surface area contributed by atoms with Crippen LogP contribution in [-0.4, -0.2) is 0 Å². The zero-order valence-corrected chi connectivity index (χ0v) is 11.2. The Labute approximate surface area is 112 Å². The fourth-order valence-corrected chi connectivity index (χ4v) is 1.93. The second-order valence-corrected chi connectivity index (χ2v) is 4.80. The molecule has 18 heavy (non-hydrogen) atoms. The first kappa shape index (κ1) is 12.9.